The normalized spacial score (nSPS) is 32.0. The highest BCUT2D eigenvalue weighted by Crippen LogP contribution is 2.60. The Morgan fingerprint density at radius 1 is 1.31 bits per heavy atom. The topological polar surface area (TPSA) is 107 Å². The zero-order chi connectivity index (χ0) is 25.1. The van der Waals surface area contributed by atoms with Crippen LogP contribution in [0, 0.1) is 11.8 Å². The summed E-state index contributed by atoms with van der Waals surface area (Å²) in [5.74, 6) is -4.04. The zero-order valence-corrected chi connectivity index (χ0v) is 20.8. The van der Waals surface area contributed by atoms with Crippen LogP contribution in [0.3, 0.4) is 0 Å². The third-order valence-electron chi connectivity index (χ3n) is 7.61. The van der Waals surface area contributed by atoms with Crippen molar-refractivity contribution >= 4 is 50.2 Å². The molecule has 35 heavy (non-hydrogen) atoms. The van der Waals surface area contributed by atoms with Crippen LogP contribution in [-0.4, -0.2) is 74.7 Å². The van der Waals surface area contributed by atoms with Gasteiger partial charge in [0.05, 0.1) is 30.6 Å². The second-order valence-electron chi connectivity index (χ2n) is 9.55. The molecule has 2 aromatic rings. The summed E-state index contributed by atoms with van der Waals surface area (Å²) < 4.78 is 6.29. The van der Waals surface area contributed by atoms with Crippen molar-refractivity contribution in [2.24, 2.45) is 11.8 Å². The minimum absolute atomic E-state index is 0.188. The molecule has 1 unspecified atom stereocenters. The maximum absolute atomic E-state index is 14.3. The van der Waals surface area contributed by atoms with E-state index in [4.69, 9.17) is 4.74 Å². The van der Waals surface area contributed by atoms with Gasteiger partial charge < -0.3 is 24.7 Å². The first-order valence-electron chi connectivity index (χ1n) is 11.6. The van der Waals surface area contributed by atoms with Crippen LogP contribution in [0.1, 0.15) is 13.3 Å². The van der Waals surface area contributed by atoms with Crippen molar-refractivity contribution in [1.29, 1.82) is 0 Å². The maximum atomic E-state index is 14.3. The highest BCUT2D eigenvalue weighted by Gasteiger charge is 2.77. The molecular formula is C26H27BrN2O6. The third-order valence-corrected chi connectivity index (χ3v) is 8.45. The quantitative estimate of drug-likeness (QED) is 0.411. The molecule has 184 valence electrons. The molecule has 3 fully saturated rings. The molecule has 0 aliphatic carbocycles. The van der Waals surface area contributed by atoms with Crippen LogP contribution in [0.4, 0.5) is 5.69 Å². The average molecular weight is 543 g/mol. The molecule has 5 rings (SSSR count). The van der Waals surface area contributed by atoms with Crippen molar-refractivity contribution < 1.29 is 29.3 Å². The number of hydrogen-bond donors (Lipinski definition) is 2. The van der Waals surface area contributed by atoms with Gasteiger partial charge in [-0.05, 0) is 36.2 Å². The van der Waals surface area contributed by atoms with Gasteiger partial charge in [-0.15, -0.1) is 6.58 Å². The molecule has 2 N–H and O–H groups in total. The minimum atomic E-state index is -1.30. The van der Waals surface area contributed by atoms with E-state index < -0.39 is 47.5 Å². The number of benzene rings is 2. The molecule has 2 amide bonds. The predicted molar refractivity (Wildman–Crippen MR) is 133 cm³/mol. The molecule has 3 saturated heterocycles. The van der Waals surface area contributed by atoms with E-state index in [2.05, 4.69) is 22.5 Å². The molecule has 0 radical (unpaired) electrons. The summed E-state index contributed by atoms with van der Waals surface area (Å²) >= 11 is 3.54. The Morgan fingerprint density at radius 2 is 2.03 bits per heavy atom. The number of aliphatic carboxylic acids is 1. The van der Waals surface area contributed by atoms with Gasteiger partial charge in [0, 0.05) is 17.1 Å². The first-order valence-corrected chi connectivity index (χ1v) is 12.6. The van der Waals surface area contributed by atoms with Crippen molar-refractivity contribution in [3.05, 3.63) is 55.1 Å². The lowest BCUT2D eigenvalue weighted by molar-refractivity contribution is -0.150. The van der Waals surface area contributed by atoms with Gasteiger partial charge in [-0.2, -0.15) is 0 Å². The molecule has 0 aromatic heterocycles. The number of nitrogens with zero attached hydrogens (tertiary/aromatic N) is 2. The standard InChI is InChI=1S/C26H27BrN2O6/c1-3-10-28(17-9-8-15-6-4-5-7-16(15)11-17)24(32)22-26-12-18(27)21(35-26)19(25(33)34)20(26)23(31)29(22)14(2)13-30/h3-9,11,14,18-22,30H,1,10,12-13H2,2H3,(H,33,34)/t14-,18?,19+,20-,21+,22+,26-/m1/s1. The first-order chi connectivity index (χ1) is 16.7. The summed E-state index contributed by atoms with van der Waals surface area (Å²) in [6.45, 7) is 5.28. The fourth-order valence-electron chi connectivity index (χ4n) is 6.14. The number of likely N-dealkylation sites (tertiary alicyclic amines) is 1. The number of aliphatic hydroxyl groups is 1. The van der Waals surface area contributed by atoms with Gasteiger partial charge in [0.1, 0.15) is 11.6 Å². The van der Waals surface area contributed by atoms with Crippen molar-refractivity contribution in [2.45, 2.75) is 42.0 Å². The Kier molecular flexibility index (Phi) is 5.97. The summed E-state index contributed by atoms with van der Waals surface area (Å²) in [5, 5.41) is 21.9. The fraction of sp³-hybridized carbons (Fsp3) is 0.423. The summed E-state index contributed by atoms with van der Waals surface area (Å²) in [6.07, 6.45) is 1.22. The highest BCUT2D eigenvalue weighted by molar-refractivity contribution is 9.09. The van der Waals surface area contributed by atoms with Crippen molar-refractivity contribution in [3.63, 3.8) is 0 Å². The SMILES string of the molecule is C=CCN(C(=O)[C@@H]1N([C@H](C)CO)C(=O)[C@H]2[C@H](C(=O)O)[C@H]3O[C@@]12CC3Br)c1ccc2ccccc2c1. The van der Waals surface area contributed by atoms with Crippen LogP contribution in [-0.2, 0) is 19.1 Å². The molecule has 3 heterocycles. The molecule has 0 saturated carbocycles. The van der Waals surface area contributed by atoms with Gasteiger partial charge in [0.25, 0.3) is 5.91 Å². The smallest absolute Gasteiger partial charge is 0.310 e. The van der Waals surface area contributed by atoms with Gasteiger partial charge in [-0.3, -0.25) is 14.4 Å². The van der Waals surface area contributed by atoms with Crippen LogP contribution in [0.5, 0.6) is 0 Å². The molecule has 3 aliphatic rings. The fourth-order valence-corrected chi connectivity index (χ4v) is 7.08. The number of aliphatic hydroxyl groups excluding tert-OH is 1. The van der Waals surface area contributed by atoms with Gasteiger partial charge in [-0.1, -0.05) is 52.3 Å². The van der Waals surface area contributed by atoms with E-state index in [1.807, 2.05) is 42.5 Å². The molecule has 3 aliphatic heterocycles. The second kappa shape index (κ2) is 8.72. The van der Waals surface area contributed by atoms with Crippen LogP contribution in [0.25, 0.3) is 10.8 Å². The monoisotopic (exact) mass is 542 g/mol. The number of carboxylic acids is 1. The van der Waals surface area contributed by atoms with Gasteiger partial charge in [0.15, 0.2) is 0 Å². The summed E-state index contributed by atoms with van der Waals surface area (Å²) in [7, 11) is 0. The molecule has 1 spiro atoms. The third kappa shape index (κ3) is 3.43. The maximum Gasteiger partial charge on any atom is 0.310 e. The Bertz CT molecular complexity index is 1220. The van der Waals surface area contributed by atoms with E-state index >= 15 is 0 Å². The minimum Gasteiger partial charge on any atom is -0.481 e. The van der Waals surface area contributed by atoms with Gasteiger partial charge in [0.2, 0.25) is 5.91 Å². The van der Waals surface area contributed by atoms with E-state index in [1.165, 1.54) is 4.90 Å². The Balaban J connectivity index is 1.62. The predicted octanol–water partition coefficient (Wildman–Crippen LogP) is 2.57. The molecule has 8 nitrogen and oxygen atoms in total. The van der Waals surface area contributed by atoms with Crippen LogP contribution in [0.2, 0.25) is 0 Å². The Morgan fingerprint density at radius 3 is 2.69 bits per heavy atom. The van der Waals surface area contributed by atoms with E-state index in [1.54, 1.807) is 17.9 Å². The van der Waals surface area contributed by atoms with E-state index in [0.717, 1.165) is 10.8 Å². The lowest BCUT2D eigenvalue weighted by Gasteiger charge is -2.38. The van der Waals surface area contributed by atoms with Crippen LogP contribution >= 0.6 is 15.9 Å². The number of carboxylic acid groups (broad SMARTS) is 1. The molecule has 7 atom stereocenters. The van der Waals surface area contributed by atoms with Gasteiger partial charge >= 0.3 is 5.97 Å². The summed E-state index contributed by atoms with van der Waals surface area (Å²) in [4.78, 5) is 42.8. The van der Waals surface area contributed by atoms with E-state index in [-0.39, 0.29) is 23.9 Å². The molecular weight excluding hydrogens is 516 g/mol. The Labute approximate surface area is 211 Å². The number of halogens is 1. The average Bonchev–Trinajstić information content (AvgIpc) is 3.44. The summed E-state index contributed by atoms with van der Waals surface area (Å²) in [6, 6.07) is 11.7. The van der Waals surface area contributed by atoms with Crippen molar-refractivity contribution in [2.75, 3.05) is 18.1 Å². The number of fused-ring (bicyclic) bond motifs is 2. The Hall–Kier alpha value is -2.75. The number of carbonyl (C=O) groups is 3. The highest BCUT2D eigenvalue weighted by atomic mass is 79.9. The lowest BCUT2D eigenvalue weighted by Crippen LogP contribution is -2.58. The number of rotatable bonds is 7. The largest absolute Gasteiger partial charge is 0.481 e. The number of hydrogen-bond acceptors (Lipinski definition) is 5. The molecule has 2 bridgehead atoms. The van der Waals surface area contributed by atoms with Gasteiger partial charge in [-0.25, -0.2) is 0 Å². The zero-order valence-electron chi connectivity index (χ0n) is 19.2. The van der Waals surface area contributed by atoms with Crippen LogP contribution in [0.15, 0.2) is 55.1 Å². The summed E-state index contributed by atoms with van der Waals surface area (Å²) in [5.41, 5.74) is -0.661. The lowest BCUT2D eigenvalue weighted by atomic mass is 9.70. The number of amides is 2. The number of anilines is 1. The van der Waals surface area contributed by atoms with Crippen LogP contribution < -0.4 is 4.90 Å². The second-order valence-corrected chi connectivity index (χ2v) is 10.7. The molecule has 2 aromatic carbocycles. The molecule has 9 heteroatoms. The van der Waals surface area contributed by atoms with Crippen molar-refractivity contribution in [1.82, 2.24) is 4.90 Å². The number of ether oxygens (including phenoxy) is 1. The van der Waals surface area contributed by atoms with Crippen molar-refractivity contribution in [3.8, 4) is 0 Å². The first kappa shape index (κ1) is 24.0. The number of alkyl halides is 1. The van der Waals surface area contributed by atoms with E-state index in [9.17, 15) is 24.6 Å². The van der Waals surface area contributed by atoms with E-state index in [0.29, 0.717) is 12.1 Å². The number of carbonyl (C=O) groups excluding carboxylic acids is 2.